The van der Waals surface area contributed by atoms with Gasteiger partial charge in [0.05, 0.1) is 10.7 Å². The van der Waals surface area contributed by atoms with E-state index >= 15 is 0 Å². The number of halogens is 1. The number of aryl methyl sites for hydroxylation is 1. The van der Waals surface area contributed by atoms with Crippen LogP contribution in [-0.2, 0) is 16.8 Å². The maximum atomic E-state index is 13.4. The van der Waals surface area contributed by atoms with E-state index in [1.165, 1.54) is 12.1 Å². The van der Waals surface area contributed by atoms with Crippen molar-refractivity contribution < 1.29 is 18.7 Å². The highest BCUT2D eigenvalue weighted by Gasteiger charge is 2.35. The van der Waals surface area contributed by atoms with Gasteiger partial charge in [-0.15, -0.1) is 11.3 Å². The number of aromatic nitrogens is 1. The Balaban J connectivity index is 1.42. The third-order valence-corrected chi connectivity index (χ3v) is 6.47. The molecule has 0 spiro atoms. The van der Waals surface area contributed by atoms with E-state index in [-0.39, 0.29) is 17.1 Å². The van der Waals surface area contributed by atoms with Crippen LogP contribution in [0.5, 0.6) is 5.75 Å². The molecule has 2 heterocycles. The van der Waals surface area contributed by atoms with Crippen LogP contribution in [0.4, 0.5) is 4.39 Å². The molecule has 1 N–H and O–H groups in total. The Bertz CT molecular complexity index is 1030. The van der Waals surface area contributed by atoms with Crippen molar-refractivity contribution in [3.05, 3.63) is 81.6 Å². The Kier molecular flexibility index (Phi) is 6.63. The molecule has 0 aliphatic carbocycles. The molecule has 1 aliphatic heterocycles. The molecule has 1 fully saturated rings. The molecule has 31 heavy (non-hydrogen) atoms. The van der Waals surface area contributed by atoms with E-state index in [0.717, 1.165) is 29.1 Å². The summed E-state index contributed by atoms with van der Waals surface area (Å²) in [6.45, 7) is 4.02. The van der Waals surface area contributed by atoms with Crippen molar-refractivity contribution in [1.29, 1.82) is 0 Å². The monoisotopic (exact) mass is 440 g/mol. The van der Waals surface area contributed by atoms with Crippen LogP contribution < -0.4 is 10.1 Å². The molecule has 7 heteroatoms. The molecule has 2 aromatic carbocycles. The minimum absolute atomic E-state index is 0.164. The Labute approximate surface area is 185 Å². The molecule has 5 nitrogen and oxygen atoms in total. The zero-order chi connectivity index (χ0) is 21.7. The molecular formula is C24H25FN2O3S. The van der Waals surface area contributed by atoms with Crippen molar-refractivity contribution in [3.8, 4) is 5.75 Å². The van der Waals surface area contributed by atoms with E-state index < -0.39 is 0 Å². The van der Waals surface area contributed by atoms with Gasteiger partial charge in [-0.05, 0) is 55.7 Å². The minimum atomic E-state index is -0.266. The molecule has 4 rings (SSSR count). The summed E-state index contributed by atoms with van der Waals surface area (Å²) in [5, 5.41) is 6.03. The first kappa shape index (κ1) is 21.5. The Morgan fingerprint density at radius 3 is 2.71 bits per heavy atom. The van der Waals surface area contributed by atoms with Crippen molar-refractivity contribution in [2.24, 2.45) is 0 Å². The van der Waals surface area contributed by atoms with Crippen LogP contribution in [0.1, 0.15) is 39.5 Å². The topological polar surface area (TPSA) is 60.5 Å². The summed E-state index contributed by atoms with van der Waals surface area (Å²) in [4.78, 5) is 17.3. The van der Waals surface area contributed by atoms with Crippen LogP contribution in [-0.4, -0.2) is 30.6 Å². The quantitative estimate of drug-likeness (QED) is 0.581. The first-order valence-electron chi connectivity index (χ1n) is 10.3. The lowest BCUT2D eigenvalue weighted by Crippen LogP contribution is -2.44. The van der Waals surface area contributed by atoms with E-state index in [4.69, 9.17) is 9.47 Å². The van der Waals surface area contributed by atoms with Crippen LogP contribution >= 0.6 is 11.3 Å². The molecule has 1 saturated heterocycles. The first-order valence-corrected chi connectivity index (χ1v) is 11.2. The summed E-state index contributed by atoms with van der Waals surface area (Å²) in [5.41, 5.74) is 2.16. The standard InChI is InChI=1S/C24H25FN2O3S/c1-17-27-21(15-31-17)14-30-22-4-2-3-18(13-22)23(28)26-16-24(9-11-29-12-10-24)19-5-7-20(25)8-6-19/h2-8,13,15H,9-12,14,16H2,1H3,(H,26,28). The molecule has 1 amide bonds. The number of carbonyl (C=O) groups excluding carboxylic acids is 1. The highest BCUT2D eigenvalue weighted by molar-refractivity contribution is 7.09. The zero-order valence-electron chi connectivity index (χ0n) is 17.4. The third-order valence-electron chi connectivity index (χ3n) is 5.64. The molecule has 1 aliphatic rings. The van der Waals surface area contributed by atoms with Crippen LogP contribution in [0.25, 0.3) is 0 Å². The van der Waals surface area contributed by atoms with Crippen molar-refractivity contribution in [3.63, 3.8) is 0 Å². The highest BCUT2D eigenvalue weighted by atomic mass is 32.1. The fraction of sp³-hybridized carbons (Fsp3) is 0.333. The number of nitrogens with one attached hydrogen (secondary N) is 1. The van der Waals surface area contributed by atoms with Gasteiger partial charge in [0.15, 0.2) is 0 Å². The number of nitrogens with zero attached hydrogens (tertiary/aromatic N) is 1. The fourth-order valence-corrected chi connectivity index (χ4v) is 4.44. The molecule has 0 saturated carbocycles. The first-order chi connectivity index (χ1) is 15.0. The molecule has 0 atom stereocenters. The molecule has 0 bridgehead atoms. The van der Waals surface area contributed by atoms with Crippen LogP contribution in [0.15, 0.2) is 53.9 Å². The second-order valence-corrected chi connectivity index (χ2v) is 8.82. The lowest BCUT2D eigenvalue weighted by atomic mass is 9.74. The van der Waals surface area contributed by atoms with Gasteiger partial charge in [-0.1, -0.05) is 18.2 Å². The average Bonchev–Trinajstić information content (AvgIpc) is 3.22. The van der Waals surface area contributed by atoms with E-state index in [0.29, 0.717) is 37.7 Å². The van der Waals surface area contributed by atoms with Crippen LogP contribution in [0.3, 0.4) is 0 Å². The predicted molar refractivity (Wildman–Crippen MR) is 118 cm³/mol. The molecule has 0 unspecified atom stereocenters. The third kappa shape index (κ3) is 5.29. The minimum Gasteiger partial charge on any atom is -0.487 e. The summed E-state index contributed by atoms with van der Waals surface area (Å²) < 4.78 is 24.8. The van der Waals surface area contributed by atoms with Crippen molar-refractivity contribution >= 4 is 17.2 Å². The van der Waals surface area contributed by atoms with Crippen molar-refractivity contribution in [1.82, 2.24) is 10.3 Å². The van der Waals surface area contributed by atoms with Gasteiger partial charge in [0.1, 0.15) is 18.2 Å². The van der Waals surface area contributed by atoms with Gasteiger partial charge >= 0.3 is 0 Å². The number of amides is 1. The zero-order valence-corrected chi connectivity index (χ0v) is 18.2. The highest BCUT2D eigenvalue weighted by Crippen LogP contribution is 2.34. The summed E-state index contributed by atoms with van der Waals surface area (Å²) >= 11 is 1.58. The molecular weight excluding hydrogens is 415 g/mol. The van der Waals surface area contributed by atoms with E-state index in [2.05, 4.69) is 10.3 Å². The Morgan fingerprint density at radius 1 is 1.23 bits per heavy atom. The maximum Gasteiger partial charge on any atom is 0.251 e. The number of carbonyl (C=O) groups is 1. The van der Waals surface area contributed by atoms with Crippen LogP contribution in [0, 0.1) is 12.7 Å². The smallest absolute Gasteiger partial charge is 0.251 e. The lowest BCUT2D eigenvalue weighted by molar-refractivity contribution is 0.0487. The Hall–Kier alpha value is -2.77. The van der Waals surface area contributed by atoms with Gasteiger partial charge in [0.25, 0.3) is 5.91 Å². The summed E-state index contributed by atoms with van der Waals surface area (Å²) in [7, 11) is 0. The number of hydrogen-bond donors (Lipinski definition) is 1. The molecule has 0 radical (unpaired) electrons. The molecule has 1 aromatic heterocycles. The van der Waals surface area contributed by atoms with Gasteiger partial charge in [0.2, 0.25) is 0 Å². The van der Waals surface area contributed by atoms with Gasteiger partial charge in [-0.2, -0.15) is 0 Å². The van der Waals surface area contributed by atoms with Crippen LogP contribution in [0.2, 0.25) is 0 Å². The van der Waals surface area contributed by atoms with Gasteiger partial charge in [-0.25, -0.2) is 9.37 Å². The maximum absolute atomic E-state index is 13.4. The van der Waals surface area contributed by atoms with Crippen molar-refractivity contribution in [2.75, 3.05) is 19.8 Å². The van der Waals surface area contributed by atoms with E-state index in [9.17, 15) is 9.18 Å². The van der Waals surface area contributed by atoms with Gasteiger partial charge < -0.3 is 14.8 Å². The lowest BCUT2D eigenvalue weighted by Gasteiger charge is -2.38. The van der Waals surface area contributed by atoms with Crippen molar-refractivity contribution in [2.45, 2.75) is 31.8 Å². The SMILES string of the molecule is Cc1nc(COc2cccc(C(=O)NCC3(c4ccc(F)cc4)CCOCC3)c2)cs1. The summed E-state index contributed by atoms with van der Waals surface area (Å²) in [5.74, 6) is 0.195. The largest absolute Gasteiger partial charge is 0.487 e. The second kappa shape index (κ2) is 9.58. The predicted octanol–water partition coefficient (Wildman–Crippen LogP) is 4.65. The number of thiazole rings is 1. The number of ether oxygens (including phenoxy) is 2. The van der Waals surface area contributed by atoms with E-state index in [1.54, 1.807) is 29.5 Å². The fourth-order valence-electron chi connectivity index (χ4n) is 3.84. The summed E-state index contributed by atoms with van der Waals surface area (Å²) in [6, 6.07) is 13.7. The molecule has 3 aromatic rings. The van der Waals surface area contributed by atoms with Gasteiger partial charge in [-0.3, -0.25) is 4.79 Å². The Morgan fingerprint density at radius 2 is 2.00 bits per heavy atom. The normalized spacial score (nSPS) is 15.4. The second-order valence-electron chi connectivity index (χ2n) is 7.76. The number of benzene rings is 2. The number of rotatable bonds is 7. The van der Waals surface area contributed by atoms with E-state index in [1.807, 2.05) is 30.5 Å². The molecule has 162 valence electrons. The van der Waals surface area contributed by atoms with Gasteiger partial charge in [0, 0.05) is 36.1 Å². The summed E-state index contributed by atoms with van der Waals surface area (Å²) in [6.07, 6.45) is 1.55. The number of hydrogen-bond acceptors (Lipinski definition) is 5. The average molecular weight is 441 g/mol.